The molecular weight excluding hydrogens is 248 g/mol. The molecule has 0 aromatic heterocycles. The summed E-state index contributed by atoms with van der Waals surface area (Å²) in [4.78, 5) is 2.50. The quantitative estimate of drug-likeness (QED) is 0.838. The number of anilines is 1. The number of para-hydroxylation sites is 1. The van der Waals surface area contributed by atoms with Gasteiger partial charge >= 0.3 is 0 Å². The third-order valence-corrected chi connectivity index (χ3v) is 4.09. The molecule has 3 nitrogen and oxygen atoms in total. The van der Waals surface area contributed by atoms with Crippen LogP contribution in [-0.4, -0.2) is 30.8 Å². The molecule has 0 bridgehead atoms. The lowest BCUT2D eigenvalue weighted by molar-refractivity contribution is 0.244. The lowest BCUT2D eigenvalue weighted by Crippen LogP contribution is -2.36. The number of hydrogen-bond acceptors (Lipinski definition) is 3. The van der Waals surface area contributed by atoms with E-state index in [1.807, 2.05) is 0 Å². The molecule has 1 heterocycles. The van der Waals surface area contributed by atoms with E-state index in [0.29, 0.717) is 18.6 Å². The van der Waals surface area contributed by atoms with E-state index < -0.39 is 0 Å². The van der Waals surface area contributed by atoms with Crippen LogP contribution in [0.4, 0.5) is 5.69 Å². The number of nitrogens with one attached hydrogen (secondary N) is 1. The molecule has 2 rings (SSSR count). The summed E-state index contributed by atoms with van der Waals surface area (Å²) in [7, 11) is 0. The smallest absolute Gasteiger partial charge is 0.0434 e. The molecule has 0 spiro atoms. The van der Waals surface area contributed by atoms with Crippen molar-refractivity contribution in [2.75, 3.05) is 24.6 Å². The topological polar surface area (TPSA) is 35.5 Å². The molecule has 1 fully saturated rings. The Morgan fingerprint density at radius 1 is 1.35 bits per heavy atom. The SMILES string of the molecule is CC(C)NCc1ccccc1N1CCCC(CCO)C1. The third kappa shape index (κ3) is 4.22. The van der Waals surface area contributed by atoms with E-state index in [-0.39, 0.29) is 0 Å². The first-order chi connectivity index (χ1) is 9.70. The van der Waals surface area contributed by atoms with E-state index in [4.69, 9.17) is 5.11 Å². The molecule has 0 amide bonds. The summed E-state index contributed by atoms with van der Waals surface area (Å²) in [6.07, 6.45) is 3.42. The second kappa shape index (κ2) is 7.65. The van der Waals surface area contributed by atoms with Crippen LogP contribution in [0.3, 0.4) is 0 Å². The van der Waals surface area contributed by atoms with Crippen LogP contribution >= 0.6 is 0 Å². The average Bonchev–Trinajstić information content (AvgIpc) is 2.46. The molecule has 0 aliphatic carbocycles. The summed E-state index contributed by atoms with van der Waals surface area (Å²) in [6, 6.07) is 9.21. The van der Waals surface area contributed by atoms with Crippen LogP contribution in [0.1, 0.15) is 38.7 Å². The number of nitrogens with zero attached hydrogens (tertiary/aromatic N) is 1. The summed E-state index contributed by atoms with van der Waals surface area (Å²) >= 11 is 0. The minimum atomic E-state index is 0.315. The van der Waals surface area contributed by atoms with E-state index >= 15 is 0 Å². The Balaban J connectivity index is 2.06. The standard InChI is InChI=1S/C17H28N2O/c1-14(2)18-12-16-7-3-4-8-17(16)19-10-5-6-15(13-19)9-11-20/h3-4,7-8,14-15,18,20H,5-6,9-13H2,1-2H3. The molecule has 1 aliphatic heterocycles. The van der Waals surface area contributed by atoms with Crippen molar-refractivity contribution < 1.29 is 5.11 Å². The van der Waals surface area contributed by atoms with Crippen LogP contribution in [0.15, 0.2) is 24.3 Å². The van der Waals surface area contributed by atoms with E-state index in [1.165, 1.54) is 24.1 Å². The maximum absolute atomic E-state index is 9.15. The number of hydrogen-bond donors (Lipinski definition) is 2. The van der Waals surface area contributed by atoms with E-state index in [2.05, 4.69) is 48.3 Å². The van der Waals surface area contributed by atoms with Gasteiger partial charge in [-0.2, -0.15) is 0 Å². The Kier molecular flexibility index (Phi) is 5.86. The molecule has 1 saturated heterocycles. The van der Waals surface area contributed by atoms with Crippen molar-refractivity contribution in [2.45, 2.75) is 45.7 Å². The third-order valence-electron chi connectivity index (χ3n) is 4.09. The first-order valence-electron chi connectivity index (χ1n) is 7.87. The summed E-state index contributed by atoms with van der Waals surface area (Å²) in [5.74, 6) is 0.639. The first kappa shape index (κ1) is 15.3. The number of aliphatic hydroxyl groups is 1. The number of piperidine rings is 1. The van der Waals surface area contributed by atoms with Gasteiger partial charge in [0.15, 0.2) is 0 Å². The van der Waals surface area contributed by atoms with E-state index in [9.17, 15) is 0 Å². The fraction of sp³-hybridized carbons (Fsp3) is 0.647. The van der Waals surface area contributed by atoms with Crippen LogP contribution in [0.2, 0.25) is 0 Å². The van der Waals surface area contributed by atoms with Gasteiger partial charge in [-0.1, -0.05) is 32.0 Å². The van der Waals surface area contributed by atoms with E-state index in [1.54, 1.807) is 0 Å². The molecule has 1 aliphatic rings. The zero-order chi connectivity index (χ0) is 14.4. The molecule has 1 unspecified atom stereocenters. The summed E-state index contributed by atoms with van der Waals surface area (Å²) in [6.45, 7) is 7.82. The average molecular weight is 276 g/mol. The highest BCUT2D eigenvalue weighted by Crippen LogP contribution is 2.27. The predicted molar refractivity (Wildman–Crippen MR) is 85.1 cm³/mol. The maximum Gasteiger partial charge on any atom is 0.0434 e. The van der Waals surface area contributed by atoms with Gasteiger partial charge in [0, 0.05) is 38.0 Å². The zero-order valence-corrected chi connectivity index (χ0v) is 12.8. The van der Waals surface area contributed by atoms with Gasteiger partial charge in [-0.3, -0.25) is 0 Å². The molecule has 20 heavy (non-hydrogen) atoms. The number of aliphatic hydroxyl groups excluding tert-OH is 1. The van der Waals surface area contributed by atoms with Crippen molar-refractivity contribution in [3.8, 4) is 0 Å². The van der Waals surface area contributed by atoms with Crippen molar-refractivity contribution in [3.63, 3.8) is 0 Å². The van der Waals surface area contributed by atoms with Crippen molar-refractivity contribution in [3.05, 3.63) is 29.8 Å². The van der Waals surface area contributed by atoms with Crippen molar-refractivity contribution >= 4 is 5.69 Å². The second-order valence-corrected chi connectivity index (χ2v) is 6.13. The lowest BCUT2D eigenvalue weighted by atomic mass is 9.94. The minimum absolute atomic E-state index is 0.315. The highest BCUT2D eigenvalue weighted by molar-refractivity contribution is 5.54. The zero-order valence-electron chi connectivity index (χ0n) is 12.8. The Hall–Kier alpha value is -1.06. The number of benzene rings is 1. The molecule has 0 radical (unpaired) electrons. The lowest BCUT2D eigenvalue weighted by Gasteiger charge is -2.35. The molecule has 2 N–H and O–H groups in total. The molecule has 1 aromatic carbocycles. The van der Waals surface area contributed by atoms with Gasteiger partial charge in [0.2, 0.25) is 0 Å². The summed E-state index contributed by atoms with van der Waals surface area (Å²) < 4.78 is 0. The Morgan fingerprint density at radius 2 is 2.15 bits per heavy atom. The van der Waals surface area contributed by atoms with Crippen molar-refractivity contribution in [1.29, 1.82) is 0 Å². The van der Waals surface area contributed by atoms with Crippen LogP contribution in [0.25, 0.3) is 0 Å². The van der Waals surface area contributed by atoms with Gasteiger partial charge in [-0.25, -0.2) is 0 Å². The fourth-order valence-corrected chi connectivity index (χ4v) is 2.98. The molecule has 1 atom stereocenters. The largest absolute Gasteiger partial charge is 0.396 e. The molecule has 3 heteroatoms. The molecule has 1 aromatic rings. The number of rotatable bonds is 6. The Morgan fingerprint density at radius 3 is 2.90 bits per heavy atom. The fourth-order valence-electron chi connectivity index (χ4n) is 2.98. The van der Waals surface area contributed by atoms with Gasteiger partial charge in [0.25, 0.3) is 0 Å². The van der Waals surface area contributed by atoms with Gasteiger partial charge in [0.1, 0.15) is 0 Å². The van der Waals surface area contributed by atoms with Crippen LogP contribution in [-0.2, 0) is 6.54 Å². The summed E-state index contributed by atoms with van der Waals surface area (Å²) in [5.41, 5.74) is 2.74. The van der Waals surface area contributed by atoms with Gasteiger partial charge in [-0.15, -0.1) is 0 Å². The van der Waals surface area contributed by atoms with Gasteiger partial charge in [-0.05, 0) is 36.8 Å². The monoisotopic (exact) mass is 276 g/mol. The van der Waals surface area contributed by atoms with Gasteiger partial charge < -0.3 is 15.3 Å². The Bertz CT molecular complexity index is 404. The highest BCUT2D eigenvalue weighted by atomic mass is 16.3. The molecular formula is C17H28N2O. The highest BCUT2D eigenvalue weighted by Gasteiger charge is 2.21. The van der Waals surface area contributed by atoms with Crippen molar-refractivity contribution in [1.82, 2.24) is 5.32 Å². The summed E-state index contributed by atoms with van der Waals surface area (Å²) in [5, 5.41) is 12.7. The normalized spacial score (nSPS) is 19.6. The maximum atomic E-state index is 9.15. The second-order valence-electron chi connectivity index (χ2n) is 6.13. The molecule has 0 saturated carbocycles. The van der Waals surface area contributed by atoms with Crippen LogP contribution < -0.4 is 10.2 Å². The predicted octanol–water partition coefficient (Wildman–Crippen LogP) is 2.78. The Labute approximate surface area is 123 Å². The van der Waals surface area contributed by atoms with Crippen LogP contribution in [0, 0.1) is 5.92 Å². The van der Waals surface area contributed by atoms with Crippen molar-refractivity contribution in [2.24, 2.45) is 5.92 Å². The minimum Gasteiger partial charge on any atom is -0.396 e. The van der Waals surface area contributed by atoms with Crippen LogP contribution in [0.5, 0.6) is 0 Å². The first-order valence-corrected chi connectivity index (χ1v) is 7.87. The van der Waals surface area contributed by atoms with E-state index in [0.717, 1.165) is 26.1 Å². The van der Waals surface area contributed by atoms with Gasteiger partial charge in [0.05, 0.1) is 0 Å². The molecule has 112 valence electrons.